The molecule has 6 aromatic carbocycles. The average molecular weight is 853 g/mol. The van der Waals surface area contributed by atoms with Gasteiger partial charge in [0.2, 0.25) is 11.8 Å². The van der Waals surface area contributed by atoms with E-state index < -0.39 is 24.0 Å². The van der Waals surface area contributed by atoms with E-state index in [4.69, 9.17) is 14.6 Å². The number of aromatic carboxylic acids is 2. The van der Waals surface area contributed by atoms with Gasteiger partial charge in [0, 0.05) is 24.6 Å². The molecule has 0 spiro atoms. The lowest BCUT2D eigenvalue weighted by atomic mass is 9.96. The Bertz CT molecular complexity index is 2940. The molecule has 2 unspecified atom stereocenters. The van der Waals surface area contributed by atoms with Crippen molar-refractivity contribution in [3.05, 3.63) is 215 Å². The molecule has 2 aromatic heterocycles. The van der Waals surface area contributed by atoms with Crippen LogP contribution >= 0.6 is 0 Å². The average Bonchev–Trinajstić information content (AvgIpc) is 3.31. The fourth-order valence-electron chi connectivity index (χ4n) is 7.03. The van der Waals surface area contributed by atoms with Crippen molar-refractivity contribution >= 4 is 45.6 Å². The van der Waals surface area contributed by atoms with Gasteiger partial charge in [-0.15, -0.1) is 0 Å². The van der Waals surface area contributed by atoms with E-state index in [9.17, 15) is 24.3 Å². The lowest BCUT2D eigenvalue weighted by Crippen LogP contribution is -2.27. The minimum Gasteiger partial charge on any atom is -0.487 e. The van der Waals surface area contributed by atoms with Gasteiger partial charge in [-0.1, -0.05) is 97.1 Å². The first kappa shape index (κ1) is 43.7. The van der Waals surface area contributed by atoms with Crippen LogP contribution in [-0.2, 0) is 22.8 Å². The van der Waals surface area contributed by atoms with Gasteiger partial charge in [0.1, 0.15) is 24.7 Å². The van der Waals surface area contributed by atoms with E-state index in [1.54, 1.807) is 30.3 Å². The number of fused-ring (bicyclic) bond motifs is 2. The van der Waals surface area contributed by atoms with Crippen LogP contribution < -0.4 is 20.1 Å². The van der Waals surface area contributed by atoms with E-state index in [0.29, 0.717) is 30.3 Å². The van der Waals surface area contributed by atoms with Crippen molar-refractivity contribution in [2.75, 3.05) is 0 Å². The Kier molecular flexibility index (Phi) is 14.0. The Morgan fingerprint density at radius 3 is 1.47 bits per heavy atom. The summed E-state index contributed by atoms with van der Waals surface area (Å²) in [4.78, 5) is 55.3. The molecule has 0 fully saturated rings. The molecular weight excluding hydrogens is 809 g/mol. The van der Waals surface area contributed by atoms with E-state index in [1.807, 2.05) is 121 Å². The molecule has 12 heteroatoms. The number of carboxylic acids is 2. The maximum Gasteiger partial charge on any atom is 0.335 e. The Balaban J connectivity index is 0.000000191. The topological polar surface area (TPSA) is 177 Å². The van der Waals surface area contributed by atoms with Gasteiger partial charge in [0.25, 0.3) is 0 Å². The number of carbonyl (C=O) groups is 4. The number of rotatable bonds is 14. The van der Waals surface area contributed by atoms with Crippen LogP contribution in [0.2, 0.25) is 0 Å². The highest BCUT2D eigenvalue weighted by Gasteiger charge is 2.19. The molecule has 0 saturated carbocycles. The van der Waals surface area contributed by atoms with E-state index in [1.165, 1.54) is 32.0 Å². The normalized spacial score (nSPS) is 11.7. The number of amides is 2. The van der Waals surface area contributed by atoms with Gasteiger partial charge in [0.05, 0.1) is 45.6 Å². The maximum atomic E-state index is 11.9. The molecule has 64 heavy (non-hydrogen) atoms. The lowest BCUT2D eigenvalue weighted by Gasteiger charge is -2.20. The van der Waals surface area contributed by atoms with Gasteiger partial charge in [-0.3, -0.25) is 9.59 Å². The van der Waals surface area contributed by atoms with Gasteiger partial charge >= 0.3 is 11.9 Å². The second-order valence-electron chi connectivity index (χ2n) is 14.8. The smallest absolute Gasteiger partial charge is 0.335 e. The molecule has 0 radical (unpaired) electrons. The molecule has 4 N–H and O–H groups in total. The number of aromatic nitrogens is 2. The van der Waals surface area contributed by atoms with Crippen LogP contribution in [-0.4, -0.2) is 43.9 Å². The first-order valence-electron chi connectivity index (χ1n) is 20.3. The van der Waals surface area contributed by atoms with Crippen molar-refractivity contribution in [1.82, 2.24) is 20.6 Å². The van der Waals surface area contributed by atoms with Crippen molar-refractivity contribution in [2.24, 2.45) is 0 Å². The van der Waals surface area contributed by atoms with Crippen LogP contribution in [0.1, 0.15) is 80.3 Å². The third-order valence-corrected chi connectivity index (χ3v) is 10.1. The van der Waals surface area contributed by atoms with Crippen LogP contribution in [0.15, 0.2) is 170 Å². The summed E-state index contributed by atoms with van der Waals surface area (Å²) in [5.41, 5.74) is 6.94. The number of carbonyl (C=O) groups excluding carboxylic acids is 2. The molecule has 0 saturated heterocycles. The summed E-state index contributed by atoms with van der Waals surface area (Å²) in [5, 5.41) is 26.4. The molecule has 0 aliphatic carbocycles. The molecule has 320 valence electrons. The van der Waals surface area contributed by atoms with Crippen molar-refractivity contribution < 1.29 is 38.9 Å². The fourth-order valence-corrected chi connectivity index (χ4v) is 7.03. The number of ether oxygens (including phenoxy) is 2. The van der Waals surface area contributed by atoms with E-state index in [0.717, 1.165) is 49.9 Å². The second kappa shape index (κ2) is 20.5. The number of carboxylic acid groups (broad SMARTS) is 2. The number of nitrogens with zero attached hydrogens (tertiary/aromatic N) is 2. The molecule has 0 bridgehead atoms. The summed E-state index contributed by atoms with van der Waals surface area (Å²) < 4.78 is 11.9. The molecule has 2 amide bonds. The predicted octanol–water partition coefficient (Wildman–Crippen LogP) is 9.48. The zero-order valence-corrected chi connectivity index (χ0v) is 35.0. The minimum absolute atomic E-state index is 0.160. The summed E-state index contributed by atoms with van der Waals surface area (Å²) in [6.07, 6.45) is 0. The van der Waals surface area contributed by atoms with E-state index in [2.05, 4.69) is 20.6 Å². The maximum absolute atomic E-state index is 11.9. The van der Waals surface area contributed by atoms with Gasteiger partial charge < -0.3 is 30.3 Å². The van der Waals surface area contributed by atoms with Crippen molar-refractivity contribution in [3.8, 4) is 11.5 Å². The van der Waals surface area contributed by atoms with Gasteiger partial charge in [-0.25, -0.2) is 19.6 Å². The molecule has 8 rings (SSSR count). The highest BCUT2D eigenvalue weighted by Crippen LogP contribution is 2.28. The van der Waals surface area contributed by atoms with Gasteiger partial charge in [-0.05, 0) is 95.1 Å². The third-order valence-electron chi connectivity index (χ3n) is 10.1. The molecule has 2 atom stereocenters. The van der Waals surface area contributed by atoms with Gasteiger partial charge in [0.15, 0.2) is 0 Å². The van der Waals surface area contributed by atoms with Crippen LogP contribution in [0.5, 0.6) is 11.5 Å². The van der Waals surface area contributed by atoms with E-state index in [-0.39, 0.29) is 22.9 Å². The highest BCUT2D eigenvalue weighted by atomic mass is 16.5. The number of hydrogen-bond acceptors (Lipinski definition) is 8. The second-order valence-corrected chi connectivity index (χ2v) is 14.8. The first-order valence-corrected chi connectivity index (χ1v) is 20.3. The van der Waals surface area contributed by atoms with Crippen molar-refractivity contribution in [3.63, 3.8) is 0 Å². The largest absolute Gasteiger partial charge is 0.487 e. The first-order chi connectivity index (χ1) is 31.0. The summed E-state index contributed by atoms with van der Waals surface area (Å²) in [5.74, 6) is -1.10. The highest BCUT2D eigenvalue weighted by molar-refractivity contribution is 5.88. The van der Waals surface area contributed by atoms with Crippen LogP contribution in [0.3, 0.4) is 0 Å². The number of benzene rings is 6. The zero-order valence-electron chi connectivity index (χ0n) is 35.0. The fraction of sp³-hybridized carbons (Fsp3) is 0.115. The summed E-state index contributed by atoms with van der Waals surface area (Å²) >= 11 is 0. The number of pyridine rings is 2. The van der Waals surface area contributed by atoms with Crippen LogP contribution in [0.4, 0.5) is 0 Å². The van der Waals surface area contributed by atoms with Gasteiger partial charge in [-0.2, -0.15) is 0 Å². The molecular formula is C52H44N4O8. The van der Waals surface area contributed by atoms with Crippen molar-refractivity contribution in [2.45, 2.75) is 39.1 Å². The molecule has 0 aliphatic heterocycles. The summed E-state index contributed by atoms with van der Waals surface area (Å²) in [6, 6.07) is 50.7. The summed E-state index contributed by atoms with van der Waals surface area (Å²) in [7, 11) is 0. The Hall–Kier alpha value is -8.38. The van der Waals surface area contributed by atoms with Crippen LogP contribution in [0, 0.1) is 0 Å². The number of hydrogen-bond donors (Lipinski definition) is 4. The zero-order chi connectivity index (χ0) is 45.0. The minimum atomic E-state index is -1.02. The SMILES string of the molecule is CC(=O)NC(c1ccc(OCc2ccc3ccccc3n2)cc1)c1ccc(C(=O)O)cc1.CC(=O)NC(c1cccc(OCc2ccc3ccccc3n2)c1)c1cccc(C(=O)O)c1. The third kappa shape index (κ3) is 11.5. The molecule has 12 nitrogen and oxygen atoms in total. The number of nitrogens with one attached hydrogen (secondary N) is 2. The Labute approximate surface area is 369 Å². The van der Waals surface area contributed by atoms with Crippen LogP contribution in [0.25, 0.3) is 21.8 Å². The Morgan fingerprint density at radius 1 is 0.469 bits per heavy atom. The quantitative estimate of drug-likeness (QED) is 0.0824. The summed E-state index contributed by atoms with van der Waals surface area (Å²) in [6.45, 7) is 3.52. The van der Waals surface area contributed by atoms with E-state index >= 15 is 0 Å². The molecule has 2 heterocycles. The van der Waals surface area contributed by atoms with Crippen molar-refractivity contribution in [1.29, 1.82) is 0 Å². The number of para-hydroxylation sites is 2. The monoisotopic (exact) mass is 852 g/mol. The lowest BCUT2D eigenvalue weighted by molar-refractivity contribution is -0.120. The Morgan fingerprint density at radius 2 is 0.938 bits per heavy atom. The predicted molar refractivity (Wildman–Crippen MR) is 243 cm³/mol. The molecule has 8 aromatic rings. The molecule has 0 aliphatic rings. The standard InChI is InChI=1S/2C26H22N2O4/c1-17(29)27-25(19-7-4-9-21(14-19)26(30)31)20-8-5-10-23(15-20)32-16-22-13-12-18-6-2-3-11-24(18)28-22;1-17(29)27-25(19-6-8-21(9-7-19)26(30)31)20-11-14-23(15-12-20)32-16-22-13-10-18-4-2-3-5-24(18)28-22/h2*2-15,25H,16H2,1H3,(H,27,29)(H,30,31).